The van der Waals surface area contributed by atoms with Gasteiger partial charge in [0.15, 0.2) is 5.17 Å². The standard InChI is InChI=1S/C30H32N6O2S2/c1-4-33-23-12-10-21(18-31)16-24(23)34-30-36(19-20-8-6-5-7-9-20)28(37)27(40-30)29-35(3)25-17-22(38-15-14-32-2)11-13-26(25)39-29/h5-9,11,13,16-17,32-33H,4,10,12,14-15,19H2,1-3H3/b29-27-,34-30?. The minimum Gasteiger partial charge on any atom is -0.492 e. The molecule has 2 heterocycles. The molecule has 206 valence electrons. The molecule has 0 atom stereocenters. The fraction of sp³-hybridized carbons (Fsp3) is 0.300. The van der Waals surface area contributed by atoms with Crippen LogP contribution in [0.3, 0.4) is 0 Å². The molecular formula is C30H32N6O2S2. The van der Waals surface area contributed by atoms with Crippen LogP contribution in [-0.4, -0.2) is 49.8 Å². The number of carbonyl (C=O) groups excluding carboxylic acids is 1. The third-order valence-electron chi connectivity index (χ3n) is 6.68. The van der Waals surface area contributed by atoms with Crippen molar-refractivity contribution in [2.75, 3.05) is 38.7 Å². The number of benzene rings is 2. The number of anilines is 1. The molecule has 0 aromatic heterocycles. The Labute approximate surface area is 243 Å². The zero-order valence-electron chi connectivity index (χ0n) is 22.9. The second-order valence-corrected chi connectivity index (χ2v) is 11.4. The van der Waals surface area contributed by atoms with Crippen LogP contribution in [0.15, 0.2) is 91.4 Å². The van der Waals surface area contributed by atoms with Crippen molar-refractivity contribution in [2.45, 2.75) is 31.2 Å². The average Bonchev–Trinajstić information content (AvgIpc) is 3.45. The Morgan fingerprint density at radius 1 is 1.15 bits per heavy atom. The Morgan fingerprint density at radius 3 is 2.73 bits per heavy atom. The Bertz CT molecular complexity index is 1460. The number of fused-ring (bicyclic) bond motifs is 1. The van der Waals surface area contributed by atoms with Gasteiger partial charge in [-0.1, -0.05) is 42.1 Å². The molecule has 2 aromatic rings. The number of nitrogens with zero attached hydrogens (tertiary/aromatic N) is 4. The molecule has 0 radical (unpaired) electrons. The lowest BCUT2D eigenvalue weighted by Crippen LogP contribution is -2.29. The van der Waals surface area contributed by atoms with Gasteiger partial charge in [-0.25, -0.2) is 4.99 Å². The molecule has 3 aliphatic rings. The maximum absolute atomic E-state index is 14.0. The van der Waals surface area contributed by atoms with Gasteiger partial charge < -0.3 is 20.3 Å². The van der Waals surface area contributed by atoms with Crippen molar-refractivity contribution in [3.05, 3.63) is 87.1 Å². The second kappa shape index (κ2) is 12.7. The second-order valence-electron chi connectivity index (χ2n) is 9.43. The number of allylic oxidation sites excluding steroid dienone is 3. The molecule has 10 heteroatoms. The average molecular weight is 573 g/mol. The number of nitriles is 1. The fourth-order valence-corrected chi connectivity index (χ4v) is 6.92. The normalized spacial score (nSPS) is 19.7. The molecule has 0 bridgehead atoms. The van der Waals surface area contributed by atoms with E-state index in [1.165, 1.54) is 11.8 Å². The van der Waals surface area contributed by atoms with Crippen LogP contribution in [0.25, 0.3) is 0 Å². The summed E-state index contributed by atoms with van der Waals surface area (Å²) < 4.78 is 5.88. The molecule has 2 aromatic carbocycles. The molecule has 2 N–H and O–H groups in total. The first kappa shape index (κ1) is 27.9. The lowest BCUT2D eigenvalue weighted by molar-refractivity contribution is -0.122. The van der Waals surface area contributed by atoms with Crippen LogP contribution < -0.4 is 20.3 Å². The highest BCUT2D eigenvalue weighted by atomic mass is 32.2. The Hall–Kier alpha value is -3.65. The van der Waals surface area contributed by atoms with Gasteiger partial charge in [0.05, 0.1) is 29.0 Å². The summed E-state index contributed by atoms with van der Waals surface area (Å²) in [6.07, 6.45) is 3.24. The van der Waals surface area contributed by atoms with Gasteiger partial charge in [0.25, 0.3) is 5.91 Å². The van der Waals surface area contributed by atoms with Gasteiger partial charge in [-0.15, -0.1) is 0 Å². The SMILES string of the molecule is CCNC1=C(N=C2S/C(=C3\Sc4ccc(OCCNC)cc4N3C)C(=O)N2Cc2ccccc2)C=C(C#N)CC1. The summed E-state index contributed by atoms with van der Waals surface area (Å²) in [4.78, 5) is 24.5. The number of carbonyl (C=O) groups is 1. The highest BCUT2D eigenvalue weighted by molar-refractivity contribution is 8.19. The van der Waals surface area contributed by atoms with Gasteiger partial charge in [-0.2, -0.15) is 5.26 Å². The van der Waals surface area contributed by atoms with E-state index in [2.05, 4.69) is 21.6 Å². The summed E-state index contributed by atoms with van der Waals surface area (Å²) in [5, 5.41) is 17.5. The highest BCUT2D eigenvalue weighted by Crippen LogP contribution is 2.51. The van der Waals surface area contributed by atoms with E-state index in [9.17, 15) is 10.1 Å². The first-order valence-corrected chi connectivity index (χ1v) is 14.9. The van der Waals surface area contributed by atoms with Crippen molar-refractivity contribution in [3.8, 4) is 11.8 Å². The molecule has 1 amide bonds. The number of likely N-dealkylation sites (N-methyl/N-ethyl adjacent to an activating group) is 1. The van der Waals surface area contributed by atoms with E-state index < -0.39 is 0 Å². The van der Waals surface area contributed by atoms with Crippen LogP contribution in [-0.2, 0) is 11.3 Å². The molecule has 40 heavy (non-hydrogen) atoms. The minimum absolute atomic E-state index is 0.0776. The molecule has 8 nitrogen and oxygen atoms in total. The maximum Gasteiger partial charge on any atom is 0.269 e. The highest BCUT2D eigenvalue weighted by Gasteiger charge is 2.39. The van der Waals surface area contributed by atoms with E-state index in [1.807, 2.05) is 75.6 Å². The van der Waals surface area contributed by atoms with Crippen molar-refractivity contribution in [3.63, 3.8) is 0 Å². The number of amidine groups is 1. The van der Waals surface area contributed by atoms with Crippen LogP contribution in [0, 0.1) is 11.3 Å². The third-order valence-corrected chi connectivity index (χ3v) is 9.11. The predicted octanol–water partition coefficient (Wildman–Crippen LogP) is 5.19. The van der Waals surface area contributed by atoms with E-state index >= 15 is 0 Å². The quantitative estimate of drug-likeness (QED) is 0.313. The molecule has 5 rings (SSSR count). The molecule has 1 fully saturated rings. The molecule has 1 saturated heterocycles. The van der Waals surface area contributed by atoms with E-state index in [-0.39, 0.29) is 5.91 Å². The first-order chi connectivity index (χ1) is 19.5. The number of nitrogens with one attached hydrogen (secondary N) is 2. The predicted molar refractivity (Wildman–Crippen MR) is 163 cm³/mol. The molecule has 0 spiro atoms. The maximum atomic E-state index is 14.0. The van der Waals surface area contributed by atoms with Crippen LogP contribution in [0.1, 0.15) is 25.3 Å². The monoisotopic (exact) mass is 572 g/mol. The number of ether oxygens (including phenoxy) is 1. The number of hydrogen-bond acceptors (Lipinski definition) is 9. The molecule has 1 aliphatic carbocycles. The number of thioether (sulfide) groups is 2. The molecule has 2 aliphatic heterocycles. The van der Waals surface area contributed by atoms with Crippen molar-refractivity contribution in [1.82, 2.24) is 15.5 Å². The summed E-state index contributed by atoms with van der Waals surface area (Å²) in [7, 11) is 3.88. The van der Waals surface area contributed by atoms with Gasteiger partial charge in [0.2, 0.25) is 0 Å². The van der Waals surface area contributed by atoms with Gasteiger partial charge >= 0.3 is 0 Å². The Balaban J connectivity index is 1.52. The third kappa shape index (κ3) is 5.92. The lowest BCUT2D eigenvalue weighted by Gasteiger charge is -2.19. The van der Waals surface area contributed by atoms with Gasteiger partial charge in [0, 0.05) is 42.4 Å². The smallest absolute Gasteiger partial charge is 0.269 e. The summed E-state index contributed by atoms with van der Waals surface area (Å²) >= 11 is 2.98. The minimum atomic E-state index is -0.0776. The van der Waals surface area contributed by atoms with E-state index in [0.717, 1.165) is 52.1 Å². The fourth-order valence-electron chi connectivity index (χ4n) is 4.61. The van der Waals surface area contributed by atoms with Crippen molar-refractivity contribution in [2.24, 2.45) is 4.99 Å². The Morgan fingerprint density at radius 2 is 1.98 bits per heavy atom. The molecular weight excluding hydrogens is 541 g/mol. The van der Waals surface area contributed by atoms with Crippen LogP contribution in [0.5, 0.6) is 5.75 Å². The zero-order chi connectivity index (χ0) is 28.1. The van der Waals surface area contributed by atoms with Crippen molar-refractivity contribution in [1.29, 1.82) is 5.26 Å². The van der Waals surface area contributed by atoms with Crippen molar-refractivity contribution < 1.29 is 9.53 Å². The number of aliphatic imine (C=N–C) groups is 1. The first-order valence-electron chi connectivity index (χ1n) is 13.3. The van der Waals surface area contributed by atoms with Crippen molar-refractivity contribution >= 4 is 40.3 Å². The van der Waals surface area contributed by atoms with Crippen LogP contribution in [0.2, 0.25) is 0 Å². The van der Waals surface area contributed by atoms with Gasteiger partial charge in [0.1, 0.15) is 17.3 Å². The summed E-state index contributed by atoms with van der Waals surface area (Å²) in [6.45, 7) is 4.55. The van der Waals surface area contributed by atoms with Gasteiger partial charge in [-0.05, 0) is 62.3 Å². The van der Waals surface area contributed by atoms with Gasteiger partial charge in [-0.3, -0.25) is 9.69 Å². The van der Waals surface area contributed by atoms with E-state index in [4.69, 9.17) is 9.73 Å². The zero-order valence-corrected chi connectivity index (χ0v) is 24.5. The largest absolute Gasteiger partial charge is 0.492 e. The lowest BCUT2D eigenvalue weighted by atomic mass is 10.0. The van der Waals surface area contributed by atoms with E-state index in [0.29, 0.717) is 40.9 Å². The van der Waals surface area contributed by atoms with Crippen LogP contribution >= 0.6 is 23.5 Å². The summed E-state index contributed by atoms with van der Waals surface area (Å²) in [5.74, 6) is 0.720. The molecule has 0 saturated carbocycles. The van der Waals surface area contributed by atoms with Crippen LogP contribution in [0.4, 0.5) is 5.69 Å². The number of hydrogen-bond donors (Lipinski definition) is 2. The summed E-state index contributed by atoms with van der Waals surface area (Å²) in [5.41, 5.74) is 4.43. The topological polar surface area (TPSA) is 93.0 Å². The number of rotatable bonds is 9. The number of amides is 1. The van der Waals surface area contributed by atoms with E-state index in [1.54, 1.807) is 16.7 Å². The summed E-state index contributed by atoms with van der Waals surface area (Å²) in [6, 6.07) is 18.3. The molecule has 0 unspecified atom stereocenters. The Kier molecular flexibility index (Phi) is 8.85.